The van der Waals surface area contributed by atoms with Gasteiger partial charge in [-0.2, -0.15) is 11.8 Å². The molecule has 0 aliphatic heterocycles. The van der Waals surface area contributed by atoms with E-state index in [2.05, 4.69) is 42.7 Å². The van der Waals surface area contributed by atoms with E-state index in [0.29, 0.717) is 15.2 Å². The number of nitrogens with one attached hydrogen (secondary N) is 2. The molecule has 0 saturated carbocycles. The molecule has 2 nitrogen and oxygen atoms in total. The lowest BCUT2D eigenvalue weighted by atomic mass is 10.1. The Kier molecular flexibility index (Phi) is 7.69. The zero-order valence-corrected chi connectivity index (χ0v) is 16.8. The molecule has 0 unspecified atom stereocenters. The van der Waals surface area contributed by atoms with Crippen LogP contribution < -0.4 is 10.6 Å². The maximum Gasteiger partial charge on any atom is 0.170 e. The molecular weight excluding hydrogens is 379 g/mol. The fraction of sp³-hybridized carbons (Fsp3) is 0.278. The van der Waals surface area contributed by atoms with Gasteiger partial charge in [0.25, 0.3) is 0 Å². The molecule has 128 valence electrons. The molecule has 24 heavy (non-hydrogen) atoms. The number of halogens is 2. The fourth-order valence-electron chi connectivity index (χ4n) is 2.28. The molecule has 0 saturated heterocycles. The number of aryl methyl sites for hydroxylation is 2. The van der Waals surface area contributed by atoms with Gasteiger partial charge in [-0.3, -0.25) is 0 Å². The molecule has 0 atom stereocenters. The molecule has 2 N–H and O–H groups in total. The molecule has 2 aromatic rings. The lowest BCUT2D eigenvalue weighted by Crippen LogP contribution is -2.30. The molecule has 2 rings (SSSR count). The third kappa shape index (κ3) is 6.52. The van der Waals surface area contributed by atoms with Crippen LogP contribution in [-0.2, 0) is 5.75 Å². The third-order valence-corrected chi connectivity index (χ3v) is 5.28. The Labute approximate surface area is 163 Å². The van der Waals surface area contributed by atoms with Gasteiger partial charge in [-0.1, -0.05) is 35.3 Å². The van der Waals surface area contributed by atoms with Crippen molar-refractivity contribution in [3.05, 3.63) is 63.1 Å². The van der Waals surface area contributed by atoms with E-state index in [1.807, 2.05) is 30.0 Å². The standard InChI is InChI=1S/C18H20Cl2N2S2/c1-12-7-13(2)9-15(8-12)22-18(23)21-5-6-24-11-14-3-4-16(19)17(20)10-14/h3-4,7-10H,5-6,11H2,1-2H3,(H2,21,22,23). The minimum atomic E-state index is 0.592. The van der Waals surface area contributed by atoms with Crippen molar-refractivity contribution in [3.8, 4) is 0 Å². The summed E-state index contributed by atoms with van der Waals surface area (Å²) in [5, 5.41) is 8.30. The normalized spacial score (nSPS) is 10.5. The van der Waals surface area contributed by atoms with Crippen LogP contribution in [0.4, 0.5) is 5.69 Å². The van der Waals surface area contributed by atoms with Gasteiger partial charge >= 0.3 is 0 Å². The summed E-state index contributed by atoms with van der Waals surface area (Å²) >= 11 is 19.1. The molecule has 0 radical (unpaired) electrons. The lowest BCUT2D eigenvalue weighted by Gasteiger charge is -2.12. The van der Waals surface area contributed by atoms with Crippen LogP contribution in [0.3, 0.4) is 0 Å². The van der Waals surface area contributed by atoms with Crippen LogP contribution >= 0.6 is 47.2 Å². The van der Waals surface area contributed by atoms with Crippen molar-refractivity contribution in [1.82, 2.24) is 5.32 Å². The Morgan fingerprint density at radius 2 is 1.75 bits per heavy atom. The zero-order chi connectivity index (χ0) is 17.5. The number of hydrogen-bond acceptors (Lipinski definition) is 2. The van der Waals surface area contributed by atoms with Crippen LogP contribution in [-0.4, -0.2) is 17.4 Å². The number of benzene rings is 2. The first-order valence-corrected chi connectivity index (χ1v) is 9.91. The van der Waals surface area contributed by atoms with Crippen LogP contribution in [0.1, 0.15) is 16.7 Å². The Morgan fingerprint density at radius 3 is 2.42 bits per heavy atom. The molecule has 0 aliphatic rings. The first kappa shape index (κ1) is 19.4. The summed E-state index contributed by atoms with van der Waals surface area (Å²) in [7, 11) is 0. The van der Waals surface area contributed by atoms with Gasteiger partial charge in [0.1, 0.15) is 0 Å². The van der Waals surface area contributed by atoms with E-state index in [1.54, 1.807) is 0 Å². The Morgan fingerprint density at radius 1 is 1.04 bits per heavy atom. The number of rotatable bonds is 6. The van der Waals surface area contributed by atoms with Crippen LogP contribution in [0.25, 0.3) is 0 Å². The quantitative estimate of drug-likeness (QED) is 0.471. The molecule has 0 amide bonds. The Hall–Kier alpha value is -0.940. The van der Waals surface area contributed by atoms with E-state index in [0.717, 1.165) is 23.7 Å². The average molecular weight is 399 g/mol. The highest BCUT2D eigenvalue weighted by Gasteiger charge is 2.01. The zero-order valence-electron chi connectivity index (χ0n) is 13.7. The smallest absolute Gasteiger partial charge is 0.170 e. The summed E-state index contributed by atoms with van der Waals surface area (Å²) in [5.41, 5.74) is 4.63. The predicted octanol–water partition coefficient (Wildman–Crippen LogP) is 5.83. The first-order valence-electron chi connectivity index (χ1n) is 7.59. The van der Waals surface area contributed by atoms with E-state index >= 15 is 0 Å². The monoisotopic (exact) mass is 398 g/mol. The minimum Gasteiger partial charge on any atom is -0.362 e. The molecular formula is C18H20Cl2N2S2. The van der Waals surface area contributed by atoms with Crippen LogP contribution in [0.5, 0.6) is 0 Å². The molecule has 0 spiro atoms. The van der Waals surface area contributed by atoms with Gasteiger partial charge in [0.2, 0.25) is 0 Å². The molecule has 0 heterocycles. The predicted molar refractivity (Wildman–Crippen MR) is 113 cm³/mol. The van der Waals surface area contributed by atoms with Crippen molar-refractivity contribution < 1.29 is 0 Å². The number of anilines is 1. The summed E-state index contributed by atoms with van der Waals surface area (Å²) in [5.74, 6) is 1.85. The SMILES string of the molecule is Cc1cc(C)cc(NC(=S)NCCSCc2ccc(Cl)c(Cl)c2)c1. The highest BCUT2D eigenvalue weighted by atomic mass is 35.5. The van der Waals surface area contributed by atoms with Crippen LogP contribution in [0.15, 0.2) is 36.4 Å². The maximum absolute atomic E-state index is 6.02. The third-order valence-electron chi connectivity index (χ3n) is 3.26. The van der Waals surface area contributed by atoms with Gasteiger partial charge in [-0.05, 0) is 67.0 Å². The van der Waals surface area contributed by atoms with Crippen LogP contribution in [0, 0.1) is 13.8 Å². The maximum atomic E-state index is 6.02. The summed E-state index contributed by atoms with van der Waals surface area (Å²) in [6.45, 7) is 4.96. The van der Waals surface area contributed by atoms with E-state index in [9.17, 15) is 0 Å². The van der Waals surface area contributed by atoms with Crippen molar-refractivity contribution in [3.63, 3.8) is 0 Å². The average Bonchev–Trinajstić information content (AvgIpc) is 2.49. The van der Waals surface area contributed by atoms with Gasteiger partial charge in [0, 0.05) is 23.7 Å². The summed E-state index contributed by atoms with van der Waals surface area (Å²) in [6, 6.07) is 12.1. The lowest BCUT2D eigenvalue weighted by molar-refractivity contribution is 0.989. The topological polar surface area (TPSA) is 24.1 Å². The summed E-state index contributed by atoms with van der Waals surface area (Å²) < 4.78 is 0. The summed E-state index contributed by atoms with van der Waals surface area (Å²) in [4.78, 5) is 0. The molecule has 0 bridgehead atoms. The van der Waals surface area contributed by atoms with E-state index in [-0.39, 0.29) is 0 Å². The van der Waals surface area contributed by atoms with Gasteiger partial charge in [-0.15, -0.1) is 0 Å². The molecule has 0 fully saturated rings. The van der Waals surface area contributed by atoms with Crippen molar-refractivity contribution in [2.24, 2.45) is 0 Å². The van der Waals surface area contributed by atoms with E-state index in [4.69, 9.17) is 35.4 Å². The van der Waals surface area contributed by atoms with Gasteiger partial charge in [-0.25, -0.2) is 0 Å². The number of thiocarbonyl (C=S) groups is 1. The Bertz CT molecular complexity index is 700. The van der Waals surface area contributed by atoms with E-state index < -0.39 is 0 Å². The molecule has 0 aliphatic carbocycles. The molecule has 0 aromatic heterocycles. The summed E-state index contributed by atoms with van der Waals surface area (Å²) in [6.07, 6.45) is 0. The van der Waals surface area contributed by atoms with Gasteiger partial charge in [0.15, 0.2) is 5.11 Å². The largest absolute Gasteiger partial charge is 0.362 e. The Balaban J connectivity index is 1.68. The van der Waals surface area contributed by atoms with Crippen molar-refractivity contribution in [1.29, 1.82) is 0 Å². The second-order valence-corrected chi connectivity index (χ2v) is 7.89. The minimum absolute atomic E-state index is 0.592. The fourth-order valence-corrected chi connectivity index (χ4v) is 3.62. The van der Waals surface area contributed by atoms with Crippen LogP contribution in [0.2, 0.25) is 10.0 Å². The highest BCUT2D eigenvalue weighted by Crippen LogP contribution is 2.24. The molecule has 6 heteroatoms. The van der Waals surface area contributed by atoms with Gasteiger partial charge < -0.3 is 10.6 Å². The second kappa shape index (κ2) is 9.52. The van der Waals surface area contributed by atoms with Crippen molar-refractivity contribution in [2.75, 3.05) is 17.6 Å². The van der Waals surface area contributed by atoms with Crippen molar-refractivity contribution in [2.45, 2.75) is 19.6 Å². The van der Waals surface area contributed by atoms with Crippen molar-refractivity contribution >= 4 is 58.0 Å². The molecule has 2 aromatic carbocycles. The number of thioether (sulfide) groups is 1. The number of hydrogen-bond donors (Lipinski definition) is 2. The van der Waals surface area contributed by atoms with E-state index in [1.165, 1.54) is 16.7 Å². The second-order valence-electron chi connectivity index (χ2n) is 5.56. The highest BCUT2D eigenvalue weighted by molar-refractivity contribution is 7.98. The van der Waals surface area contributed by atoms with Gasteiger partial charge in [0.05, 0.1) is 10.0 Å². The first-order chi connectivity index (χ1) is 11.4.